The van der Waals surface area contributed by atoms with Crippen LogP contribution in [0.25, 0.3) is 0 Å². The second-order valence-electron chi connectivity index (χ2n) is 5.24. The van der Waals surface area contributed by atoms with Crippen LogP contribution in [0.2, 0.25) is 0 Å². The minimum absolute atomic E-state index is 0.146. The Bertz CT molecular complexity index is 357. The van der Waals surface area contributed by atoms with Crippen molar-refractivity contribution in [2.75, 3.05) is 20.2 Å². The standard InChI is InChI=1S/C17H28BrNO/c1-3-4-5-6-7-8-12-20-17(14-19-2)15-10-9-11-16(18)13-15/h9-11,13,17,19H,3-8,12,14H2,1-2H3. The van der Waals surface area contributed by atoms with E-state index in [9.17, 15) is 0 Å². The minimum atomic E-state index is 0.146. The van der Waals surface area contributed by atoms with Gasteiger partial charge in [-0.15, -0.1) is 0 Å². The van der Waals surface area contributed by atoms with Crippen LogP contribution in [-0.2, 0) is 4.74 Å². The Morgan fingerprint density at radius 1 is 1.15 bits per heavy atom. The van der Waals surface area contributed by atoms with Crippen LogP contribution in [0.5, 0.6) is 0 Å². The van der Waals surface area contributed by atoms with Crippen molar-refractivity contribution in [1.82, 2.24) is 5.32 Å². The lowest BCUT2D eigenvalue weighted by Gasteiger charge is -2.18. The van der Waals surface area contributed by atoms with E-state index >= 15 is 0 Å². The van der Waals surface area contributed by atoms with E-state index in [0.29, 0.717) is 0 Å². The summed E-state index contributed by atoms with van der Waals surface area (Å²) >= 11 is 3.52. The van der Waals surface area contributed by atoms with Gasteiger partial charge in [-0.3, -0.25) is 0 Å². The molecule has 1 aromatic carbocycles. The lowest BCUT2D eigenvalue weighted by Crippen LogP contribution is -2.20. The van der Waals surface area contributed by atoms with Gasteiger partial charge in [0.1, 0.15) is 0 Å². The van der Waals surface area contributed by atoms with E-state index in [2.05, 4.69) is 46.4 Å². The molecule has 0 saturated heterocycles. The predicted molar refractivity (Wildman–Crippen MR) is 90.1 cm³/mol. The Morgan fingerprint density at radius 3 is 2.60 bits per heavy atom. The number of nitrogens with one attached hydrogen (secondary N) is 1. The zero-order valence-electron chi connectivity index (χ0n) is 12.8. The molecule has 0 amide bonds. The molecule has 114 valence electrons. The maximum absolute atomic E-state index is 6.05. The quantitative estimate of drug-likeness (QED) is 0.566. The first-order chi connectivity index (χ1) is 9.77. The molecular weight excluding hydrogens is 314 g/mol. The Labute approximate surface area is 132 Å². The first-order valence-electron chi connectivity index (χ1n) is 7.79. The second kappa shape index (κ2) is 11.3. The van der Waals surface area contributed by atoms with E-state index in [1.165, 1.54) is 37.7 Å². The van der Waals surface area contributed by atoms with Crippen molar-refractivity contribution in [3.8, 4) is 0 Å². The highest BCUT2D eigenvalue weighted by Crippen LogP contribution is 2.21. The summed E-state index contributed by atoms with van der Waals surface area (Å²) < 4.78 is 7.16. The molecule has 0 aromatic heterocycles. The number of ether oxygens (including phenoxy) is 1. The molecule has 0 spiro atoms. The first-order valence-corrected chi connectivity index (χ1v) is 8.59. The maximum atomic E-state index is 6.05. The number of unbranched alkanes of at least 4 members (excludes halogenated alkanes) is 5. The lowest BCUT2D eigenvalue weighted by molar-refractivity contribution is 0.0511. The molecular formula is C17H28BrNO. The molecule has 0 aliphatic carbocycles. The highest BCUT2D eigenvalue weighted by atomic mass is 79.9. The van der Waals surface area contributed by atoms with E-state index in [4.69, 9.17) is 4.74 Å². The number of halogens is 1. The average molecular weight is 342 g/mol. The summed E-state index contributed by atoms with van der Waals surface area (Å²) in [7, 11) is 1.97. The molecule has 0 fully saturated rings. The van der Waals surface area contributed by atoms with Gasteiger partial charge in [0.05, 0.1) is 6.10 Å². The van der Waals surface area contributed by atoms with Gasteiger partial charge in [0.2, 0.25) is 0 Å². The molecule has 0 saturated carbocycles. The van der Waals surface area contributed by atoms with Crippen LogP contribution < -0.4 is 5.32 Å². The van der Waals surface area contributed by atoms with Crippen LogP contribution in [0.4, 0.5) is 0 Å². The highest BCUT2D eigenvalue weighted by molar-refractivity contribution is 9.10. The fourth-order valence-corrected chi connectivity index (χ4v) is 2.69. The summed E-state index contributed by atoms with van der Waals surface area (Å²) in [6, 6.07) is 8.39. The van der Waals surface area contributed by atoms with Crippen LogP contribution in [0.3, 0.4) is 0 Å². The number of rotatable bonds is 11. The molecule has 20 heavy (non-hydrogen) atoms. The van der Waals surface area contributed by atoms with Gasteiger partial charge in [0.15, 0.2) is 0 Å². The van der Waals surface area contributed by atoms with Crippen LogP contribution in [0, 0.1) is 0 Å². The summed E-state index contributed by atoms with van der Waals surface area (Å²) in [5.41, 5.74) is 1.24. The summed E-state index contributed by atoms with van der Waals surface area (Å²) in [4.78, 5) is 0. The van der Waals surface area contributed by atoms with Gasteiger partial charge >= 0.3 is 0 Å². The fraction of sp³-hybridized carbons (Fsp3) is 0.647. The molecule has 1 N–H and O–H groups in total. The highest BCUT2D eigenvalue weighted by Gasteiger charge is 2.11. The molecule has 0 bridgehead atoms. The zero-order valence-corrected chi connectivity index (χ0v) is 14.4. The monoisotopic (exact) mass is 341 g/mol. The van der Waals surface area contributed by atoms with Gasteiger partial charge < -0.3 is 10.1 Å². The van der Waals surface area contributed by atoms with Crippen LogP contribution in [0.15, 0.2) is 28.7 Å². The topological polar surface area (TPSA) is 21.3 Å². The molecule has 1 unspecified atom stereocenters. The van der Waals surface area contributed by atoms with Crippen LogP contribution in [-0.4, -0.2) is 20.2 Å². The maximum Gasteiger partial charge on any atom is 0.0949 e. The third kappa shape index (κ3) is 7.41. The lowest BCUT2D eigenvalue weighted by atomic mass is 10.1. The molecule has 1 atom stereocenters. The van der Waals surface area contributed by atoms with E-state index < -0.39 is 0 Å². The molecule has 1 rings (SSSR count). The van der Waals surface area contributed by atoms with E-state index in [1.807, 2.05) is 13.1 Å². The van der Waals surface area contributed by atoms with Crippen molar-refractivity contribution in [3.05, 3.63) is 34.3 Å². The van der Waals surface area contributed by atoms with E-state index in [-0.39, 0.29) is 6.10 Å². The Kier molecular flexibility index (Phi) is 9.98. The smallest absolute Gasteiger partial charge is 0.0949 e. The van der Waals surface area contributed by atoms with Gasteiger partial charge in [-0.2, -0.15) is 0 Å². The molecule has 0 aliphatic rings. The number of hydrogen-bond donors (Lipinski definition) is 1. The number of benzene rings is 1. The zero-order chi connectivity index (χ0) is 14.6. The van der Waals surface area contributed by atoms with E-state index in [1.54, 1.807) is 0 Å². The van der Waals surface area contributed by atoms with Gasteiger partial charge in [0.25, 0.3) is 0 Å². The van der Waals surface area contributed by atoms with Crippen molar-refractivity contribution in [1.29, 1.82) is 0 Å². The number of hydrogen-bond acceptors (Lipinski definition) is 2. The van der Waals surface area contributed by atoms with Crippen molar-refractivity contribution in [3.63, 3.8) is 0 Å². The Morgan fingerprint density at radius 2 is 1.90 bits per heavy atom. The summed E-state index contributed by atoms with van der Waals surface area (Å²) in [6.45, 7) is 3.96. The van der Waals surface area contributed by atoms with Crippen LogP contribution in [0.1, 0.15) is 57.1 Å². The molecule has 0 radical (unpaired) electrons. The first kappa shape index (κ1) is 17.7. The largest absolute Gasteiger partial charge is 0.372 e. The summed E-state index contributed by atoms with van der Waals surface area (Å²) in [5.74, 6) is 0. The van der Waals surface area contributed by atoms with Crippen LogP contribution >= 0.6 is 15.9 Å². The van der Waals surface area contributed by atoms with Gasteiger partial charge in [-0.25, -0.2) is 0 Å². The molecule has 0 heterocycles. The number of likely N-dealkylation sites (N-methyl/N-ethyl adjacent to an activating group) is 1. The predicted octanol–water partition coefficient (Wildman–Crippen LogP) is 5.09. The third-order valence-corrected chi connectivity index (χ3v) is 3.92. The summed E-state index contributed by atoms with van der Waals surface area (Å²) in [6.07, 6.45) is 7.97. The molecule has 2 nitrogen and oxygen atoms in total. The van der Waals surface area contributed by atoms with Crippen molar-refractivity contribution in [2.24, 2.45) is 0 Å². The van der Waals surface area contributed by atoms with E-state index in [0.717, 1.165) is 24.0 Å². The Hall–Kier alpha value is -0.380. The summed E-state index contributed by atoms with van der Waals surface area (Å²) in [5, 5.41) is 3.21. The van der Waals surface area contributed by atoms with Crippen molar-refractivity contribution >= 4 is 15.9 Å². The SMILES string of the molecule is CCCCCCCCOC(CNC)c1cccc(Br)c1. The minimum Gasteiger partial charge on any atom is -0.372 e. The Balaban J connectivity index is 2.29. The second-order valence-corrected chi connectivity index (χ2v) is 6.16. The van der Waals surface area contributed by atoms with Gasteiger partial charge in [0, 0.05) is 17.6 Å². The van der Waals surface area contributed by atoms with Gasteiger partial charge in [-0.05, 0) is 31.2 Å². The van der Waals surface area contributed by atoms with Crippen molar-refractivity contribution in [2.45, 2.75) is 51.6 Å². The fourth-order valence-electron chi connectivity index (χ4n) is 2.27. The normalized spacial score (nSPS) is 12.6. The molecule has 1 aromatic rings. The molecule has 3 heteroatoms. The van der Waals surface area contributed by atoms with Crippen molar-refractivity contribution < 1.29 is 4.74 Å². The third-order valence-electron chi connectivity index (χ3n) is 3.43. The molecule has 0 aliphatic heterocycles. The average Bonchev–Trinajstić information content (AvgIpc) is 2.45. The van der Waals surface area contributed by atoms with Gasteiger partial charge in [-0.1, -0.05) is 67.1 Å².